The zero-order valence-electron chi connectivity index (χ0n) is 15.3. The molecule has 2 aromatic rings. The van der Waals surface area contributed by atoms with E-state index in [1.807, 2.05) is 13.8 Å². The van der Waals surface area contributed by atoms with Gasteiger partial charge in [-0.15, -0.1) is 0 Å². The number of halogens is 2. The number of hydrogen-bond acceptors (Lipinski definition) is 5. The van der Waals surface area contributed by atoms with Crippen molar-refractivity contribution in [3.63, 3.8) is 0 Å². The molecule has 0 aliphatic rings. The Morgan fingerprint density at radius 3 is 2.57 bits per heavy atom. The number of carbonyl (C=O) groups excluding carboxylic acids is 2. The molecule has 0 aliphatic heterocycles. The molecule has 0 fully saturated rings. The summed E-state index contributed by atoms with van der Waals surface area (Å²) in [7, 11) is 0. The van der Waals surface area contributed by atoms with Crippen LogP contribution in [0.5, 0.6) is 0 Å². The molecule has 1 heterocycles. The van der Waals surface area contributed by atoms with Crippen molar-refractivity contribution >= 4 is 35.3 Å². The minimum atomic E-state index is -0.669. The van der Waals surface area contributed by atoms with E-state index in [-0.39, 0.29) is 5.91 Å². The molecule has 0 saturated carbocycles. The second-order valence-electron chi connectivity index (χ2n) is 6.61. The third kappa shape index (κ3) is 6.33. The maximum Gasteiger partial charge on any atom is 0.267 e. The van der Waals surface area contributed by atoms with Crippen LogP contribution in [0.4, 0.5) is 10.2 Å². The maximum absolute atomic E-state index is 13.0. The fraction of sp³-hybridized carbons (Fsp3) is 0.211. The van der Waals surface area contributed by atoms with E-state index in [0.717, 1.165) is 6.08 Å². The number of amides is 2. The number of hydroxylamine groups is 1. The normalized spacial score (nSPS) is 11.3. The van der Waals surface area contributed by atoms with Gasteiger partial charge in [0.05, 0.1) is 10.6 Å². The zero-order chi connectivity index (χ0) is 20.7. The third-order valence-electron chi connectivity index (χ3n) is 3.66. The van der Waals surface area contributed by atoms with Crippen molar-refractivity contribution in [1.29, 1.82) is 0 Å². The summed E-state index contributed by atoms with van der Waals surface area (Å²) in [6.45, 7) is 3.97. The quantitative estimate of drug-likeness (QED) is 0.321. The highest BCUT2D eigenvalue weighted by Crippen LogP contribution is 2.21. The summed E-state index contributed by atoms with van der Waals surface area (Å²) in [5.41, 5.74) is 1.77. The van der Waals surface area contributed by atoms with E-state index in [2.05, 4.69) is 15.6 Å². The number of anilines is 1. The third-order valence-corrected chi connectivity index (χ3v) is 3.94. The minimum absolute atomic E-state index is 0.325. The van der Waals surface area contributed by atoms with Crippen LogP contribution in [0.3, 0.4) is 0 Å². The molecule has 1 aromatic carbocycles. The van der Waals surface area contributed by atoms with Crippen LogP contribution in [0.15, 0.2) is 42.6 Å². The van der Waals surface area contributed by atoms with Crippen molar-refractivity contribution in [2.24, 2.45) is 0 Å². The molecule has 0 aliphatic carbocycles. The summed E-state index contributed by atoms with van der Waals surface area (Å²) in [4.78, 5) is 27.5. The average Bonchev–Trinajstić information content (AvgIpc) is 2.65. The van der Waals surface area contributed by atoms with Crippen LogP contribution in [0.1, 0.15) is 29.8 Å². The van der Waals surface area contributed by atoms with Gasteiger partial charge < -0.3 is 10.6 Å². The molecule has 2 rings (SSSR count). The van der Waals surface area contributed by atoms with Crippen LogP contribution in [-0.2, 0) is 4.79 Å². The van der Waals surface area contributed by atoms with E-state index < -0.39 is 17.3 Å². The molecule has 1 aromatic heterocycles. The topological polar surface area (TPSA) is 103 Å². The van der Waals surface area contributed by atoms with Gasteiger partial charge in [0.25, 0.3) is 11.8 Å². The van der Waals surface area contributed by atoms with Gasteiger partial charge in [0.1, 0.15) is 11.6 Å². The van der Waals surface area contributed by atoms with E-state index in [9.17, 15) is 14.0 Å². The van der Waals surface area contributed by atoms with Crippen LogP contribution in [0, 0.1) is 5.82 Å². The van der Waals surface area contributed by atoms with Crippen molar-refractivity contribution in [2.45, 2.75) is 19.4 Å². The monoisotopic (exact) mass is 406 g/mol. The lowest BCUT2D eigenvalue weighted by Gasteiger charge is -2.27. The Hall–Kier alpha value is -2.97. The van der Waals surface area contributed by atoms with Gasteiger partial charge in [-0.25, -0.2) is 14.9 Å². The standard InChI is InChI=1S/C19H20ClFN4O3/c1-19(2,24-18(27)13-4-6-14(21)7-5-13)11-23-17-15(20)9-12(10-22-17)3-8-16(26)25-28/h3-10,28H,11H2,1-2H3,(H,22,23)(H,24,27)(H,25,26)/b8-3+. The van der Waals surface area contributed by atoms with Crippen LogP contribution < -0.4 is 16.1 Å². The van der Waals surface area contributed by atoms with Crippen molar-refractivity contribution in [1.82, 2.24) is 15.8 Å². The summed E-state index contributed by atoms with van der Waals surface area (Å²) in [6.07, 6.45) is 4.08. The van der Waals surface area contributed by atoms with E-state index in [0.29, 0.717) is 28.5 Å². The Morgan fingerprint density at radius 2 is 1.96 bits per heavy atom. The van der Waals surface area contributed by atoms with Gasteiger partial charge in [-0.3, -0.25) is 14.8 Å². The SMILES string of the molecule is CC(C)(CNc1ncc(/C=C/C(=O)NO)cc1Cl)NC(=O)c1ccc(F)cc1. The molecule has 0 radical (unpaired) electrons. The summed E-state index contributed by atoms with van der Waals surface area (Å²) in [5, 5.41) is 14.7. The largest absolute Gasteiger partial charge is 0.367 e. The van der Waals surface area contributed by atoms with Crippen LogP contribution in [0.2, 0.25) is 5.02 Å². The smallest absolute Gasteiger partial charge is 0.267 e. The van der Waals surface area contributed by atoms with Gasteiger partial charge in [-0.2, -0.15) is 0 Å². The first-order valence-electron chi connectivity index (χ1n) is 8.30. The highest BCUT2D eigenvalue weighted by Gasteiger charge is 2.21. The van der Waals surface area contributed by atoms with E-state index in [1.54, 1.807) is 6.07 Å². The zero-order valence-corrected chi connectivity index (χ0v) is 16.0. The molecule has 0 bridgehead atoms. The van der Waals surface area contributed by atoms with Crippen LogP contribution in [-0.4, -0.2) is 34.1 Å². The highest BCUT2D eigenvalue weighted by atomic mass is 35.5. The van der Waals surface area contributed by atoms with E-state index >= 15 is 0 Å². The minimum Gasteiger partial charge on any atom is -0.367 e. The van der Waals surface area contributed by atoms with Crippen LogP contribution in [0.25, 0.3) is 6.08 Å². The first-order chi connectivity index (χ1) is 13.2. The van der Waals surface area contributed by atoms with Gasteiger partial charge in [0.15, 0.2) is 0 Å². The molecular weight excluding hydrogens is 387 g/mol. The molecule has 4 N–H and O–H groups in total. The lowest BCUT2D eigenvalue weighted by Crippen LogP contribution is -2.48. The second kappa shape index (κ2) is 9.29. The summed E-state index contributed by atoms with van der Waals surface area (Å²) >= 11 is 6.19. The van der Waals surface area contributed by atoms with Crippen molar-refractivity contribution in [2.75, 3.05) is 11.9 Å². The molecule has 148 valence electrons. The molecule has 28 heavy (non-hydrogen) atoms. The predicted octanol–water partition coefficient (Wildman–Crippen LogP) is 3.01. The van der Waals surface area contributed by atoms with Gasteiger partial charge in [0.2, 0.25) is 0 Å². The molecule has 0 unspecified atom stereocenters. The number of pyridine rings is 1. The molecule has 7 nitrogen and oxygen atoms in total. The average molecular weight is 407 g/mol. The molecule has 0 atom stereocenters. The molecular formula is C19H20ClFN4O3. The van der Waals surface area contributed by atoms with Crippen molar-refractivity contribution in [3.05, 3.63) is 64.6 Å². The Kier molecular flexibility index (Phi) is 7.08. The van der Waals surface area contributed by atoms with Gasteiger partial charge in [-0.1, -0.05) is 11.6 Å². The predicted molar refractivity (Wildman–Crippen MR) is 105 cm³/mol. The second-order valence-corrected chi connectivity index (χ2v) is 7.01. The van der Waals surface area contributed by atoms with Crippen molar-refractivity contribution < 1.29 is 19.2 Å². The summed E-state index contributed by atoms with van der Waals surface area (Å²) in [5.74, 6) is -0.992. The number of carbonyl (C=O) groups is 2. The number of nitrogens with zero attached hydrogens (tertiary/aromatic N) is 1. The number of nitrogens with one attached hydrogen (secondary N) is 3. The van der Waals surface area contributed by atoms with Gasteiger partial charge in [0, 0.05) is 24.4 Å². The Balaban J connectivity index is 1.97. The lowest BCUT2D eigenvalue weighted by atomic mass is 10.0. The fourth-order valence-electron chi connectivity index (χ4n) is 2.21. The molecule has 9 heteroatoms. The number of aromatic nitrogens is 1. The first-order valence-corrected chi connectivity index (χ1v) is 8.67. The Morgan fingerprint density at radius 1 is 1.29 bits per heavy atom. The summed E-state index contributed by atoms with van der Waals surface area (Å²) < 4.78 is 13.0. The Bertz CT molecular complexity index is 885. The van der Waals surface area contributed by atoms with Crippen molar-refractivity contribution in [3.8, 4) is 0 Å². The molecule has 0 spiro atoms. The number of benzene rings is 1. The molecule has 2 amide bonds. The van der Waals surface area contributed by atoms with E-state index in [4.69, 9.17) is 16.8 Å². The first kappa shape index (κ1) is 21.3. The van der Waals surface area contributed by atoms with Gasteiger partial charge in [-0.05, 0) is 55.8 Å². The lowest BCUT2D eigenvalue weighted by molar-refractivity contribution is -0.124. The number of hydrogen-bond donors (Lipinski definition) is 4. The van der Waals surface area contributed by atoms with Gasteiger partial charge >= 0.3 is 0 Å². The van der Waals surface area contributed by atoms with E-state index in [1.165, 1.54) is 42.0 Å². The Labute approximate surface area is 166 Å². The maximum atomic E-state index is 13.0. The molecule has 0 saturated heterocycles. The fourth-order valence-corrected chi connectivity index (χ4v) is 2.45. The number of rotatable bonds is 7. The highest BCUT2D eigenvalue weighted by molar-refractivity contribution is 6.33. The summed E-state index contributed by atoms with van der Waals surface area (Å²) in [6, 6.07) is 6.88. The van der Waals surface area contributed by atoms with Crippen LogP contribution >= 0.6 is 11.6 Å².